The van der Waals surface area contributed by atoms with E-state index >= 15 is 0 Å². The molecule has 128 valence electrons. The van der Waals surface area contributed by atoms with Crippen LogP contribution in [0.1, 0.15) is 18.1 Å². The molecule has 1 aromatic carbocycles. The van der Waals surface area contributed by atoms with Gasteiger partial charge in [0.1, 0.15) is 18.0 Å². The Balaban J connectivity index is 2.41. The maximum Gasteiger partial charge on any atom is 0.419 e. The van der Waals surface area contributed by atoms with Crippen molar-refractivity contribution in [3.63, 3.8) is 0 Å². The second-order valence-corrected chi connectivity index (χ2v) is 4.97. The smallest absolute Gasteiger partial charge is 0.419 e. The van der Waals surface area contributed by atoms with E-state index in [-0.39, 0.29) is 11.3 Å². The van der Waals surface area contributed by atoms with Crippen molar-refractivity contribution in [2.24, 2.45) is 0 Å². The molecule has 1 aliphatic rings. The Bertz CT molecular complexity index is 741. The summed E-state index contributed by atoms with van der Waals surface area (Å²) in [5, 5.41) is 2.30. The standard InChI is InChI=1S/C15H13F3N2O4/c1-8(21)20-7-13(22)19-11(14(20)23)5-9-3-4-10(15(16,17)18)12(6-9)24-2/h3-6H,7H2,1-2H3,(H,19,22). The van der Waals surface area contributed by atoms with Gasteiger partial charge in [-0.1, -0.05) is 6.07 Å². The SMILES string of the molecule is COc1cc(C=C2NC(=O)CN(C(C)=O)C2=O)ccc1C(F)(F)F. The van der Waals surface area contributed by atoms with Crippen LogP contribution in [-0.2, 0) is 20.6 Å². The molecule has 1 aromatic rings. The highest BCUT2D eigenvalue weighted by Crippen LogP contribution is 2.36. The number of hydrogen-bond acceptors (Lipinski definition) is 4. The van der Waals surface area contributed by atoms with E-state index in [4.69, 9.17) is 4.74 Å². The van der Waals surface area contributed by atoms with Gasteiger partial charge in [0, 0.05) is 6.92 Å². The van der Waals surface area contributed by atoms with Crippen LogP contribution < -0.4 is 10.1 Å². The first-order chi connectivity index (χ1) is 11.1. The van der Waals surface area contributed by atoms with E-state index in [9.17, 15) is 27.6 Å². The van der Waals surface area contributed by atoms with Crippen LogP contribution in [0.25, 0.3) is 6.08 Å². The number of nitrogens with zero attached hydrogens (tertiary/aromatic N) is 1. The Kier molecular flexibility index (Phi) is 4.63. The summed E-state index contributed by atoms with van der Waals surface area (Å²) < 4.78 is 43.2. The topological polar surface area (TPSA) is 75.7 Å². The lowest BCUT2D eigenvalue weighted by Gasteiger charge is -2.25. The van der Waals surface area contributed by atoms with Crippen LogP contribution in [0.3, 0.4) is 0 Å². The predicted molar refractivity (Wildman–Crippen MR) is 76.5 cm³/mol. The molecule has 9 heteroatoms. The van der Waals surface area contributed by atoms with E-state index in [0.717, 1.165) is 37.1 Å². The van der Waals surface area contributed by atoms with E-state index in [2.05, 4.69) is 5.32 Å². The number of hydrogen-bond donors (Lipinski definition) is 1. The lowest BCUT2D eigenvalue weighted by Crippen LogP contribution is -2.51. The van der Waals surface area contributed by atoms with Gasteiger partial charge >= 0.3 is 6.18 Å². The number of imide groups is 1. The fraction of sp³-hybridized carbons (Fsp3) is 0.267. The second kappa shape index (κ2) is 6.34. The summed E-state index contributed by atoms with van der Waals surface area (Å²) in [5.74, 6) is -2.34. The van der Waals surface area contributed by atoms with Gasteiger partial charge in [-0.15, -0.1) is 0 Å². The molecule has 0 aromatic heterocycles. The lowest BCUT2D eigenvalue weighted by atomic mass is 10.1. The minimum Gasteiger partial charge on any atom is -0.496 e. The molecule has 3 amide bonds. The number of ether oxygens (including phenoxy) is 1. The highest BCUT2D eigenvalue weighted by Gasteiger charge is 2.34. The third kappa shape index (κ3) is 3.55. The van der Waals surface area contributed by atoms with Crippen LogP contribution in [0, 0.1) is 0 Å². The number of nitrogens with one attached hydrogen (secondary N) is 1. The van der Waals surface area contributed by atoms with Crippen LogP contribution in [0.5, 0.6) is 5.75 Å². The number of methoxy groups -OCH3 is 1. The highest BCUT2D eigenvalue weighted by atomic mass is 19.4. The summed E-state index contributed by atoms with van der Waals surface area (Å²) in [6, 6.07) is 3.02. The van der Waals surface area contributed by atoms with Gasteiger partial charge in [-0.05, 0) is 23.8 Å². The Morgan fingerprint density at radius 1 is 1.33 bits per heavy atom. The number of halogens is 3. The van der Waals surface area contributed by atoms with E-state index in [1.165, 1.54) is 6.08 Å². The molecule has 0 aliphatic carbocycles. The number of amides is 3. The maximum absolute atomic E-state index is 12.8. The molecule has 0 bridgehead atoms. The average molecular weight is 342 g/mol. The molecule has 2 rings (SSSR count). The summed E-state index contributed by atoms with van der Waals surface area (Å²) >= 11 is 0. The molecule has 1 heterocycles. The first kappa shape index (κ1) is 17.5. The molecule has 0 spiro atoms. The Hall–Kier alpha value is -2.84. The van der Waals surface area contributed by atoms with Crippen molar-refractivity contribution in [1.29, 1.82) is 0 Å². The number of benzene rings is 1. The molecule has 1 N–H and O–H groups in total. The number of alkyl halides is 3. The van der Waals surface area contributed by atoms with Gasteiger partial charge in [0.25, 0.3) is 5.91 Å². The third-order valence-electron chi connectivity index (χ3n) is 3.27. The first-order valence-electron chi connectivity index (χ1n) is 6.72. The Labute approximate surface area is 134 Å². The van der Waals surface area contributed by atoms with E-state index in [1.807, 2.05) is 0 Å². The number of piperazine rings is 1. The van der Waals surface area contributed by atoms with Gasteiger partial charge in [-0.25, -0.2) is 0 Å². The average Bonchev–Trinajstić information content (AvgIpc) is 2.49. The number of carbonyl (C=O) groups excluding carboxylic acids is 3. The highest BCUT2D eigenvalue weighted by molar-refractivity contribution is 6.12. The van der Waals surface area contributed by atoms with E-state index < -0.39 is 41.8 Å². The minimum absolute atomic E-state index is 0.203. The summed E-state index contributed by atoms with van der Waals surface area (Å²) in [4.78, 5) is 35.8. The minimum atomic E-state index is -4.59. The van der Waals surface area contributed by atoms with E-state index in [0.29, 0.717) is 0 Å². The molecule has 6 nitrogen and oxygen atoms in total. The van der Waals surface area contributed by atoms with E-state index in [1.54, 1.807) is 0 Å². The molecule has 1 fully saturated rings. The van der Waals surface area contributed by atoms with Gasteiger partial charge in [0.05, 0.1) is 12.7 Å². The van der Waals surface area contributed by atoms with Gasteiger partial charge in [-0.3, -0.25) is 19.3 Å². The van der Waals surface area contributed by atoms with Gasteiger partial charge < -0.3 is 10.1 Å². The second-order valence-electron chi connectivity index (χ2n) is 4.97. The Morgan fingerprint density at radius 2 is 2.00 bits per heavy atom. The molecule has 0 atom stereocenters. The molecule has 0 saturated carbocycles. The zero-order valence-electron chi connectivity index (χ0n) is 12.7. The summed E-state index contributed by atoms with van der Waals surface area (Å²) in [6.07, 6.45) is -3.41. The van der Waals surface area contributed by atoms with Crippen LogP contribution in [0.4, 0.5) is 13.2 Å². The zero-order chi connectivity index (χ0) is 18.1. The zero-order valence-corrected chi connectivity index (χ0v) is 12.7. The third-order valence-corrected chi connectivity index (χ3v) is 3.27. The van der Waals surface area contributed by atoms with Crippen LogP contribution in [0.2, 0.25) is 0 Å². The first-order valence-corrected chi connectivity index (χ1v) is 6.72. The lowest BCUT2D eigenvalue weighted by molar-refractivity contribution is -0.147. The van der Waals surface area contributed by atoms with Gasteiger partial charge in [0.15, 0.2) is 0 Å². The quantitative estimate of drug-likeness (QED) is 0.828. The predicted octanol–water partition coefficient (Wildman–Crippen LogP) is 1.56. The molecular weight excluding hydrogens is 329 g/mol. The molecule has 1 saturated heterocycles. The molecule has 0 unspecified atom stereocenters. The van der Waals surface area contributed by atoms with Crippen molar-refractivity contribution in [1.82, 2.24) is 10.2 Å². The monoisotopic (exact) mass is 342 g/mol. The Morgan fingerprint density at radius 3 is 2.54 bits per heavy atom. The van der Waals surface area contributed by atoms with Gasteiger partial charge in [-0.2, -0.15) is 13.2 Å². The largest absolute Gasteiger partial charge is 0.496 e. The maximum atomic E-state index is 12.8. The summed E-state index contributed by atoms with van der Waals surface area (Å²) in [7, 11) is 1.09. The fourth-order valence-corrected chi connectivity index (χ4v) is 2.15. The van der Waals surface area contributed by atoms with Crippen LogP contribution in [-0.4, -0.2) is 36.3 Å². The molecular formula is C15H13F3N2O4. The van der Waals surface area contributed by atoms with Gasteiger partial charge in [0.2, 0.25) is 11.8 Å². The number of carbonyl (C=O) groups is 3. The van der Waals surface area contributed by atoms with Crippen molar-refractivity contribution in [3.8, 4) is 5.75 Å². The number of rotatable bonds is 2. The molecule has 1 aliphatic heterocycles. The fourth-order valence-electron chi connectivity index (χ4n) is 2.15. The molecule has 24 heavy (non-hydrogen) atoms. The van der Waals surface area contributed by atoms with Crippen molar-refractivity contribution in [3.05, 3.63) is 35.0 Å². The molecule has 0 radical (unpaired) electrons. The van der Waals surface area contributed by atoms with Crippen molar-refractivity contribution >= 4 is 23.8 Å². The van der Waals surface area contributed by atoms with Crippen LogP contribution in [0.15, 0.2) is 23.9 Å². The van der Waals surface area contributed by atoms with Crippen molar-refractivity contribution < 1.29 is 32.3 Å². The summed E-state index contributed by atoms with van der Waals surface area (Å²) in [5.41, 5.74) is -0.964. The van der Waals surface area contributed by atoms with Crippen LogP contribution >= 0.6 is 0 Å². The van der Waals surface area contributed by atoms with Crippen molar-refractivity contribution in [2.75, 3.05) is 13.7 Å². The normalized spacial score (nSPS) is 17.0. The van der Waals surface area contributed by atoms with Crippen molar-refractivity contribution in [2.45, 2.75) is 13.1 Å². The summed E-state index contributed by atoms with van der Waals surface area (Å²) in [6.45, 7) is 0.733.